The zero-order chi connectivity index (χ0) is 17.3. The van der Waals surface area contributed by atoms with Gasteiger partial charge in [-0.2, -0.15) is 4.31 Å². The Labute approximate surface area is 152 Å². The molecule has 2 aliphatic heterocycles. The van der Waals surface area contributed by atoms with Crippen LogP contribution in [0.25, 0.3) is 0 Å². The molecule has 1 amide bonds. The first-order valence-corrected chi connectivity index (χ1v) is 10.7. The van der Waals surface area contributed by atoms with Gasteiger partial charge in [0.05, 0.1) is 4.90 Å². The number of hydrogen-bond acceptors (Lipinski definition) is 3. The fourth-order valence-electron chi connectivity index (χ4n) is 3.47. The summed E-state index contributed by atoms with van der Waals surface area (Å²) >= 11 is 3.40. The van der Waals surface area contributed by atoms with Gasteiger partial charge >= 0.3 is 0 Å². The van der Waals surface area contributed by atoms with Crippen LogP contribution in [0.4, 0.5) is 0 Å². The Morgan fingerprint density at radius 2 is 1.75 bits per heavy atom. The van der Waals surface area contributed by atoms with Crippen molar-refractivity contribution in [2.75, 3.05) is 26.2 Å². The SMILES string of the molecule is Cc1cc(S(=O)(=O)N2CCC(C(=O)N3CCCC3)CC2)ccc1Br. The first kappa shape index (κ1) is 17.9. The summed E-state index contributed by atoms with van der Waals surface area (Å²) in [4.78, 5) is 14.7. The van der Waals surface area contributed by atoms with Crippen LogP contribution in [-0.2, 0) is 14.8 Å². The van der Waals surface area contributed by atoms with E-state index in [1.807, 2.05) is 11.8 Å². The van der Waals surface area contributed by atoms with E-state index >= 15 is 0 Å². The van der Waals surface area contributed by atoms with Gasteiger partial charge in [0.1, 0.15) is 0 Å². The van der Waals surface area contributed by atoms with Gasteiger partial charge in [-0.15, -0.1) is 0 Å². The normalized spacial score (nSPS) is 20.5. The molecule has 0 bridgehead atoms. The molecule has 1 aromatic carbocycles. The molecule has 1 aromatic rings. The monoisotopic (exact) mass is 414 g/mol. The van der Waals surface area contributed by atoms with Gasteiger partial charge in [0, 0.05) is 36.6 Å². The van der Waals surface area contributed by atoms with Crippen molar-refractivity contribution in [2.24, 2.45) is 5.92 Å². The second kappa shape index (κ2) is 7.14. The van der Waals surface area contributed by atoms with Crippen LogP contribution in [0.2, 0.25) is 0 Å². The number of nitrogens with zero attached hydrogens (tertiary/aromatic N) is 2. The molecule has 3 rings (SSSR count). The number of piperidine rings is 1. The minimum Gasteiger partial charge on any atom is -0.342 e. The summed E-state index contributed by atoms with van der Waals surface area (Å²) < 4.78 is 28.0. The zero-order valence-corrected chi connectivity index (χ0v) is 16.3. The highest BCUT2D eigenvalue weighted by atomic mass is 79.9. The second-order valence-electron chi connectivity index (χ2n) is 6.62. The molecule has 2 heterocycles. The van der Waals surface area contributed by atoms with E-state index in [1.165, 1.54) is 4.31 Å². The average molecular weight is 415 g/mol. The quantitative estimate of drug-likeness (QED) is 0.763. The molecule has 0 atom stereocenters. The number of carbonyl (C=O) groups is 1. The van der Waals surface area contributed by atoms with Gasteiger partial charge in [-0.3, -0.25) is 4.79 Å². The molecule has 5 nitrogen and oxygen atoms in total. The molecular formula is C17H23BrN2O3S. The van der Waals surface area contributed by atoms with Gasteiger partial charge in [0.15, 0.2) is 0 Å². The number of sulfonamides is 1. The van der Waals surface area contributed by atoms with Crippen molar-refractivity contribution < 1.29 is 13.2 Å². The number of likely N-dealkylation sites (tertiary alicyclic amines) is 1. The van der Waals surface area contributed by atoms with Crippen molar-refractivity contribution in [3.05, 3.63) is 28.2 Å². The van der Waals surface area contributed by atoms with Gasteiger partial charge in [-0.25, -0.2) is 8.42 Å². The van der Waals surface area contributed by atoms with Crippen LogP contribution in [0, 0.1) is 12.8 Å². The zero-order valence-electron chi connectivity index (χ0n) is 13.9. The maximum atomic E-state index is 12.8. The molecule has 24 heavy (non-hydrogen) atoms. The number of hydrogen-bond donors (Lipinski definition) is 0. The van der Waals surface area contributed by atoms with Gasteiger partial charge < -0.3 is 4.90 Å². The molecule has 0 saturated carbocycles. The van der Waals surface area contributed by atoms with Crippen LogP contribution >= 0.6 is 15.9 Å². The fourth-order valence-corrected chi connectivity index (χ4v) is 5.27. The van der Waals surface area contributed by atoms with E-state index in [0.29, 0.717) is 30.8 Å². The third-order valence-electron chi connectivity index (χ3n) is 4.99. The highest BCUT2D eigenvalue weighted by Crippen LogP contribution is 2.28. The summed E-state index contributed by atoms with van der Waals surface area (Å²) in [6.07, 6.45) is 3.40. The number of benzene rings is 1. The summed E-state index contributed by atoms with van der Waals surface area (Å²) in [6.45, 7) is 4.43. The summed E-state index contributed by atoms with van der Waals surface area (Å²) in [7, 11) is -3.48. The maximum absolute atomic E-state index is 12.8. The van der Waals surface area contributed by atoms with Gasteiger partial charge in [-0.1, -0.05) is 15.9 Å². The molecule has 0 unspecified atom stereocenters. The van der Waals surface area contributed by atoms with Crippen molar-refractivity contribution >= 4 is 31.9 Å². The Morgan fingerprint density at radius 1 is 1.12 bits per heavy atom. The first-order valence-electron chi connectivity index (χ1n) is 8.44. The number of rotatable bonds is 3. The summed E-state index contributed by atoms with van der Waals surface area (Å²) in [6, 6.07) is 5.10. The molecule has 0 radical (unpaired) electrons. The van der Waals surface area contributed by atoms with Crippen molar-refractivity contribution in [3.63, 3.8) is 0 Å². The van der Waals surface area contributed by atoms with E-state index in [1.54, 1.807) is 18.2 Å². The van der Waals surface area contributed by atoms with Crippen LogP contribution in [0.1, 0.15) is 31.2 Å². The lowest BCUT2D eigenvalue weighted by Crippen LogP contribution is -2.43. The number of carbonyl (C=O) groups excluding carboxylic acids is 1. The van der Waals surface area contributed by atoms with E-state index in [2.05, 4.69) is 15.9 Å². The fraction of sp³-hybridized carbons (Fsp3) is 0.588. The second-order valence-corrected chi connectivity index (χ2v) is 9.41. The number of amides is 1. The molecular weight excluding hydrogens is 392 g/mol. The van der Waals surface area contributed by atoms with E-state index in [-0.39, 0.29) is 11.8 Å². The van der Waals surface area contributed by atoms with Crippen molar-refractivity contribution in [3.8, 4) is 0 Å². The Kier molecular flexibility index (Phi) is 5.32. The molecule has 2 fully saturated rings. The lowest BCUT2D eigenvalue weighted by Gasteiger charge is -2.32. The van der Waals surface area contributed by atoms with E-state index < -0.39 is 10.0 Å². The van der Waals surface area contributed by atoms with Gasteiger partial charge in [0.2, 0.25) is 15.9 Å². The van der Waals surface area contributed by atoms with Crippen molar-refractivity contribution in [2.45, 2.75) is 37.5 Å². The molecule has 132 valence electrons. The van der Waals surface area contributed by atoms with Crippen LogP contribution in [0.5, 0.6) is 0 Å². The average Bonchev–Trinajstić information content (AvgIpc) is 3.11. The Morgan fingerprint density at radius 3 is 2.33 bits per heavy atom. The molecule has 7 heteroatoms. The third kappa shape index (κ3) is 3.53. The predicted molar refractivity (Wildman–Crippen MR) is 96.2 cm³/mol. The lowest BCUT2D eigenvalue weighted by molar-refractivity contribution is -0.135. The van der Waals surface area contributed by atoms with E-state index in [0.717, 1.165) is 36.0 Å². The summed E-state index contributed by atoms with van der Waals surface area (Å²) in [5.74, 6) is 0.185. The van der Waals surface area contributed by atoms with Crippen molar-refractivity contribution in [1.29, 1.82) is 0 Å². The maximum Gasteiger partial charge on any atom is 0.243 e. The number of halogens is 1. The third-order valence-corrected chi connectivity index (χ3v) is 7.77. The minimum atomic E-state index is -3.48. The van der Waals surface area contributed by atoms with E-state index in [9.17, 15) is 13.2 Å². The molecule has 0 N–H and O–H groups in total. The van der Waals surface area contributed by atoms with Crippen molar-refractivity contribution in [1.82, 2.24) is 9.21 Å². The molecule has 0 aromatic heterocycles. The molecule has 2 saturated heterocycles. The first-order chi connectivity index (χ1) is 11.4. The Balaban J connectivity index is 1.67. The highest BCUT2D eigenvalue weighted by Gasteiger charge is 2.34. The molecule has 0 spiro atoms. The predicted octanol–water partition coefficient (Wildman–Crippen LogP) is 2.78. The Hall–Kier alpha value is -0.920. The standard InChI is InChI=1S/C17H23BrN2O3S/c1-13-12-15(4-5-16(13)18)24(22,23)20-10-6-14(7-11-20)17(21)19-8-2-3-9-19/h4-5,12,14H,2-3,6-11H2,1H3. The smallest absolute Gasteiger partial charge is 0.243 e. The highest BCUT2D eigenvalue weighted by molar-refractivity contribution is 9.10. The van der Waals surface area contributed by atoms with Gasteiger partial charge in [0.25, 0.3) is 0 Å². The van der Waals surface area contributed by atoms with Crippen LogP contribution < -0.4 is 0 Å². The van der Waals surface area contributed by atoms with Crippen LogP contribution in [0.15, 0.2) is 27.6 Å². The summed E-state index contributed by atoms with van der Waals surface area (Å²) in [5.41, 5.74) is 0.898. The number of aryl methyl sites for hydroxylation is 1. The Bertz CT molecular complexity index is 721. The lowest BCUT2D eigenvalue weighted by atomic mass is 9.97. The topological polar surface area (TPSA) is 57.7 Å². The minimum absolute atomic E-state index is 0.0267. The molecule has 0 aliphatic carbocycles. The van der Waals surface area contributed by atoms with Crippen LogP contribution in [0.3, 0.4) is 0 Å². The van der Waals surface area contributed by atoms with Gasteiger partial charge in [-0.05, 0) is 56.4 Å². The molecule has 2 aliphatic rings. The largest absolute Gasteiger partial charge is 0.342 e. The summed E-state index contributed by atoms with van der Waals surface area (Å²) in [5, 5.41) is 0. The van der Waals surface area contributed by atoms with E-state index in [4.69, 9.17) is 0 Å². The van der Waals surface area contributed by atoms with Crippen LogP contribution in [-0.4, -0.2) is 49.7 Å².